The van der Waals surface area contributed by atoms with Crippen LogP contribution in [0, 0.1) is 0 Å². The molecule has 7 heteroatoms. The third-order valence-corrected chi connectivity index (χ3v) is 3.07. The summed E-state index contributed by atoms with van der Waals surface area (Å²) in [5.41, 5.74) is -0.0810. The third-order valence-electron chi connectivity index (χ3n) is 2.19. The van der Waals surface area contributed by atoms with Gasteiger partial charge in [-0.05, 0) is 17.7 Å². The fourth-order valence-corrected chi connectivity index (χ4v) is 1.90. The number of hydrogen-bond donors (Lipinski definition) is 0. The highest BCUT2D eigenvalue weighted by Gasteiger charge is 2.34. The van der Waals surface area contributed by atoms with E-state index in [0.717, 1.165) is 10.7 Å². The Balaban J connectivity index is 2.59. The summed E-state index contributed by atoms with van der Waals surface area (Å²) in [5, 5.41) is 7.09. The van der Waals surface area contributed by atoms with E-state index in [1.54, 1.807) is 6.07 Å². The van der Waals surface area contributed by atoms with Crippen LogP contribution in [0.5, 0.6) is 0 Å². The molecule has 0 unspecified atom stereocenters. The van der Waals surface area contributed by atoms with Crippen molar-refractivity contribution in [2.45, 2.75) is 10.6 Å². The molecular weight excluding hydrogens is 346 g/mol. The summed E-state index contributed by atoms with van der Waals surface area (Å²) in [6.07, 6.45) is -1.68. The van der Waals surface area contributed by atoms with E-state index in [9.17, 15) is 13.2 Å². The highest BCUT2D eigenvalue weighted by molar-refractivity contribution is 14.1. The molecule has 17 heavy (non-hydrogen) atoms. The highest BCUT2D eigenvalue weighted by Crippen LogP contribution is 2.34. The van der Waals surface area contributed by atoms with Crippen LogP contribution in [0.4, 0.5) is 13.2 Å². The Hall–Kier alpha value is -1.12. The Morgan fingerprint density at radius 1 is 1.29 bits per heavy atom. The van der Waals surface area contributed by atoms with Crippen LogP contribution in [0.2, 0.25) is 0 Å². The molecule has 0 spiro atoms. The molecule has 1 aromatic carbocycles. The largest absolute Gasteiger partial charge is 0.418 e. The first-order valence-electron chi connectivity index (χ1n) is 4.65. The number of alkyl halides is 4. The lowest BCUT2D eigenvalue weighted by Crippen LogP contribution is -2.11. The van der Waals surface area contributed by atoms with Crippen molar-refractivity contribution in [1.82, 2.24) is 15.0 Å². The summed E-state index contributed by atoms with van der Waals surface area (Å²) >= 11 is 2.02. The van der Waals surface area contributed by atoms with Gasteiger partial charge in [-0.25, -0.2) is 4.68 Å². The molecule has 90 valence electrons. The molecule has 0 saturated carbocycles. The first kappa shape index (κ1) is 12.3. The van der Waals surface area contributed by atoms with Crippen molar-refractivity contribution in [1.29, 1.82) is 0 Å². The molecule has 2 aromatic rings. The van der Waals surface area contributed by atoms with Crippen LogP contribution in [0.1, 0.15) is 11.1 Å². The maximum absolute atomic E-state index is 12.9. The SMILES string of the molecule is FC(F)(F)c1cc(CI)ccc1-n1ccnn1. The van der Waals surface area contributed by atoms with Gasteiger partial charge in [-0.15, -0.1) is 5.10 Å². The molecule has 0 radical (unpaired) electrons. The van der Waals surface area contributed by atoms with Crippen molar-refractivity contribution in [3.8, 4) is 5.69 Å². The molecule has 1 aromatic heterocycles. The summed E-state index contributed by atoms with van der Waals surface area (Å²) in [6, 6.07) is 4.20. The van der Waals surface area contributed by atoms with Gasteiger partial charge in [0.05, 0.1) is 23.6 Å². The number of nitrogens with zero attached hydrogens (tertiary/aromatic N) is 3. The van der Waals surface area contributed by atoms with Crippen LogP contribution >= 0.6 is 22.6 Å². The van der Waals surface area contributed by atoms with E-state index < -0.39 is 11.7 Å². The number of hydrogen-bond acceptors (Lipinski definition) is 2. The standard InChI is InChI=1S/C10H7F3IN3/c11-10(12,13)8-5-7(6-14)1-2-9(8)17-4-3-15-16-17/h1-5H,6H2. The topological polar surface area (TPSA) is 30.7 Å². The van der Waals surface area contributed by atoms with Gasteiger partial charge in [0, 0.05) is 4.43 Å². The zero-order chi connectivity index (χ0) is 12.5. The van der Waals surface area contributed by atoms with Crippen molar-refractivity contribution in [2.75, 3.05) is 0 Å². The zero-order valence-electron chi connectivity index (χ0n) is 8.45. The van der Waals surface area contributed by atoms with Crippen molar-refractivity contribution in [3.05, 3.63) is 41.7 Å². The number of halogens is 4. The summed E-state index contributed by atoms with van der Waals surface area (Å²) in [5.74, 6) is 0. The Labute approximate surface area is 109 Å². The van der Waals surface area contributed by atoms with Crippen LogP contribution in [0.15, 0.2) is 30.6 Å². The Morgan fingerprint density at radius 3 is 2.59 bits per heavy atom. The molecule has 0 amide bonds. The molecule has 0 saturated heterocycles. The Kier molecular flexibility index (Phi) is 3.36. The van der Waals surface area contributed by atoms with E-state index in [4.69, 9.17) is 0 Å². The monoisotopic (exact) mass is 353 g/mol. The first-order valence-corrected chi connectivity index (χ1v) is 6.17. The van der Waals surface area contributed by atoms with Gasteiger partial charge in [0.25, 0.3) is 0 Å². The summed E-state index contributed by atoms with van der Waals surface area (Å²) < 4.78 is 40.3. The van der Waals surface area contributed by atoms with Crippen LogP contribution in [-0.2, 0) is 10.6 Å². The van der Waals surface area contributed by atoms with Gasteiger partial charge < -0.3 is 0 Å². The quantitative estimate of drug-likeness (QED) is 0.613. The van der Waals surface area contributed by atoms with Gasteiger partial charge >= 0.3 is 6.18 Å². The van der Waals surface area contributed by atoms with Crippen LogP contribution < -0.4 is 0 Å². The molecule has 2 rings (SSSR count). The smallest absolute Gasteiger partial charge is 0.220 e. The number of aromatic nitrogens is 3. The second-order valence-electron chi connectivity index (χ2n) is 3.33. The van der Waals surface area contributed by atoms with Gasteiger partial charge in [0.1, 0.15) is 0 Å². The fraction of sp³-hybridized carbons (Fsp3) is 0.200. The maximum atomic E-state index is 12.9. The summed E-state index contributed by atoms with van der Waals surface area (Å²) in [4.78, 5) is 0. The van der Waals surface area contributed by atoms with Gasteiger partial charge in [0.15, 0.2) is 0 Å². The highest BCUT2D eigenvalue weighted by atomic mass is 127. The minimum atomic E-state index is -4.40. The van der Waals surface area contributed by atoms with E-state index >= 15 is 0 Å². The second kappa shape index (κ2) is 4.63. The van der Waals surface area contributed by atoms with Gasteiger partial charge in [-0.2, -0.15) is 13.2 Å². The zero-order valence-corrected chi connectivity index (χ0v) is 10.6. The van der Waals surface area contributed by atoms with Crippen molar-refractivity contribution in [3.63, 3.8) is 0 Å². The molecule has 0 aliphatic rings. The summed E-state index contributed by atoms with van der Waals surface area (Å²) in [7, 11) is 0. The number of benzene rings is 1. The molecule has 0 fully saturated rings. The summed E-state index contributed by atoms with van der Waals surface area (Å²) in [6.45, 7) is 0. The van der Waals surface area contributed by atoms with Crippen molar-refractivity contribution < 1.29 is 13.2 Å². The van der Waals surface area contributed by atoms with Crippen molar-refractivity contribution >= 4 is 22.6 Å². The molecule has 3 nitrogen and oxygen atoms in total. The first-order chi connectivity index (χ1) is 8.02. The predicted molar refractivity (Wildman–Crippen MR) is 64.1 cm³/mol. The van der Waals surface area contributed by atoms with E-state index in [1.165, 1.54) is 18.5 Å². The lowest BCUT2D eigenvalue weighted by Gasteiger charge is -2.13. The lowest BCUT2D eigenvalue weighted by molar-refractivity contribution is -0.137. The van der Waals surface area contributed by atoms with E-state index in [0.29, 0.717) is 9.99 Å². The Morgan fingerprint density at radius 2 is 2.06 bits per heavy atom. The molecular formula is C10H7F3IN3. The second-order valence-corrected chi connectivity index (χ2v) is 4.09. The maximum Gasteiger partial charge on any atom is 0.418 e. The normalized spacial score (nSPS) is 11.8. The minimum absolute atomic E-state index is 0.0106. The third kappa shape index (κ3) is 2.59. The Bertz CT molecular complexity index is 508. The lowest BCUT2D eigenvalue weighted by atomic mass is 10.1. The molecule has 0 atom stereocenters. The van der Waals surface area contributed by atoms with Crippen LogP contribution in [-0.4, -0.2) is 15.0 Å². The molecule has 0 aliphatic carbocycles. The van der Waals surface area contributed by atoms with E-state index in [2.05, 4.69) is 10.3 Å². The fourth-order valence-electron chi connectivity index (χ4n) is 1.43. The van der Waals surface area contributed by atoms with E-state index in [-0.39, 0.29) is 5.69 Å². The molecule has 1 heterocycles. The van der Waals surface area contributed by atoms with Crippen LogP contribution in [0.3, 0.4) is 0 Å². The number of rotatable bonds is 2. The molecule has 0 aliphatic heterocycles. The minimum Gasteiger partial charge on any atom is -0.220 e. The average molecular weight is 353 g/mol. The molecule has 0 N–H and O–H groups in total. The predicted octanol–water partition coefficient (Wildman–Crippen LogP) is 3.22. The van der Waals surface area contributed by atoms with Gasteiger partial charge in [-0.3, -0.25) is 0 Å². The van der Waals surface area contributed by atoms with Crippen molar-refractivity contribution in [2.24, 2.45) is 0 Å². The van der Waals surface area contributed by atoms with E-state index in [1.807, 2.05) is 22.6 Å². The van der Waals surface area contributed by atoms with Gasteiger partial charge in [0.2, 0.25) is 0 Å². The van der Waals surface area contributed by atoms with Gasteiger partial charge in [-0.1, -0.05) is 33.9 Å². The molecule has 0 bridgehead atoms. The van der Waals surface area contributed by atoms with Crippen LogP contribution in [0.25, 0.3) is 5.69 Å². The average Bonchev–Trinajstić information content (AvgIpc) is 2.80.